The minimum Gasteiger partial charge on any atom is -0.490 e. The molecule has 0 atom stereocenters. The highest BCUT2D eigenvalue weighted by Gasteiger charge is 2.48. The molecule has 0 unspecified atom stereocenters. The SMILES string of the molecule is CCOc1ccc(C2(C(=O)O)COC2)cc1OCC. The lowest BCUT2D eigenvalue weighted by Gasteiger charge is -2.37. The maximum Gasteiger partial charge on any atom is 0.318 e. The van der Waals surface area contributed by atoms with Crippen LogP contribution in [-0.4, -0.2) is 37.5 Å². The Labute approximate surface area is 112 Å². The van der Waals surface area contributed by atoms with Crippen molar-refractivity contribution in [3.63, 3.8) is 0 Å². The monoisotopic (exact) mass is 266 g/mol. The van der Waals surface area contributed by atoms with Gasteiger partial charge in [-0.05, 0) is 31.5 Å². The molecule has 5 nitrogen and oxygen atoms in total. The standard InChI is InChI=1S/C14H18O5/c1-3-18-11-6-5-10(7-12(11)19-4-2)14(13(15)16)8-17-9-14/h5-7H,3-4,8-9H2,1-2H3,(H,15,16). The minimum atomic E-state index is -0.948. The highest BCUT2D eigenvalue weighted by atomic mass is 16.5. The van der Waals surface area contributed by atoms with Gasteiger partial charge in [0.2, 0.25) is 0 Å². The average molecular weight is 266 g/mol. The number of aliphatic carboxylic acids is 1. The zero-order valence-electron chi connectivity index (χ0n) is 11.1. The lowest BCUT2D eigenvalue weighted by atomic mass is 9.78. The van der Waals surface area contributed by atoms with Crippen LogP contribution in [-0.2, 0) is 14.9 Å². The summed E-state index contributed by atoms with van der Waals surface area (Å²) in [6, 6.07) is 5.27. The van der Waals surface area contributed by atoms with Crippen LogP contribution < -0.4 is 9.47 Å². The molecule has 1 N–H and O–H groups in total. The molecule has 0 amide bonds. The Morgan fingerprint density at radius 3 is 2.37 bits per heavy atom. The van der Waals surface area contributed by atoms with E-state index in [1.165, 1.54) is 0 Å². The molecule has 0 aromatic heterocycles. The molecule has 0 aliphatic carbocycles. The van der Waals surface area contributed by atoms with E-state index in [1.807, 2.05) is 13.8 Å². The number of benzene rings is 1. The van der Waals surface area contributed by atoms with Gasteiger partial charge in [0.25, 0.3) is 0 Å². The second-order valence-electron chi connectivity index (χ2n) is 4.41. The van der Waals surface area contributed by atoms with Gasteiger partial charge in [-0.2, -0.15) is 0 Å². The predicted molar refractivity (Wildman–Crippen MR) is 68.9 cm³/mol. The number of carboxylic acid groups (broad SMARTS) is 1. The molecule has 1 aliphatic heterocycles. The number of hydrogen-bond acceptors (Lipinski definition) is 4. The molecule has 1 fully saturated rings. The predicted octanol–water partition coefficient (Wildman–Crippen LogP) is 1.84. The summed E-state index contributed by atoms with van der Waals surface area (Å²) in [6.45, 7) is 5.19. The summed E-state index contributed by atoms with van der Waals surface area (Å²) in [5.74, 6) is 0.341. The van der Waals surface area contributed by atoms with Gasteiger partial charge >= 0.3 is 5.97 Å². The fraction of sp³-hybridized carbons (Fsp3) is 0.500. The topological polar surface area (TPSA) is 65.0 Å². The van der Waals surface area contributed by atoms with Crippen LogP contribution in [0, 0.1) is 0 Å². The van der Waals surface area contributed by atoms with E-state index in [1.54, 1.807) is 18.2 Å². The second kappa shape index (κ2) is 5.48. The molecule has 5 heteroatoms. The molecule has 1 aromatic carbocycles. The average Bonchev–Trinajstić information content (AvgIpc) is 2.31. The van der Waals surface area contributed by atoms with Gasteiger partial charge in [-0.1, -0.05) is 6.07 Å². The van der Waals surface area contributed by atoms with E-state index in [0.717, 1.165) is 0 Å². The van der Waals surface area contributed by atoms with E-state index in [9.17, 15) is 9.90 Å². The summed E-state index contributed by atoms with van der Waals surface area (Å²) < 4.78 is 16.1. The summed E-state index contributed by atoms with van der Waals surface area (Å²) in [7, 11) is 0. The highest BCUT2D eigenvalue weighted by molar-refractivity contribution is 5.83. The molecule has 0 saturated carbocycles. The summed E-state index contributed by atoms with van der Waals surface area (Å²) >= 11 is 0. The van der Waals surface area contributed by atoms with Gasteiger partial charge in [-0.15, -0.1) is 0 Å². The van der Waals surface area contributed by atoms with E-state index >= 15 is 0 Å². The Hall–Kier alpha value is -1.75. The number of hydrogen-bond donors (Lipinski definition) is 1. The summed E-state index contributed by atoms with van der Waals surface area (Å²) in [5, 5.41) is 9.38. The van der Waals surface area contributed by atoms with Crippen LogP contribution in [0.5, 0.6) is 11.5 Å². The highest BCUT2D eigenvalue weighted by Crippen LogP contribution is 2.38. The summed E-state index contributed by atoms with van der Waals surface area (Å²) in [5.41, 5.74) is -0.255. The Bertz CT molecular complexity index is 465. The Kier molecular flexibility index (Phi) is 3.95. The first kappa shape index (κ1) is 13.7. The van der Waals surface area contributed by atoms with Crippen LogP contribution in [0.2, 0.25) is 0 Å². The largest absolute Gasteiger partial charge is 0.490 e. The smallest absolute Gasteiger partial charge is 0.318 e. The van der Waals surface area contributed by atoms with Crippen molar-refractivity contribution >= 4 is 5.97 Å². The molecule has 104 valence electrons. The lowest BCUT2D eigenvalue weighted by Crippen LogP contribution is -2.53. The molecular weight excluding hydrogens is 248 g/mol. The van der Waals surface area contributed by atoms with Crippen LogP contribution >= 0.6 is 0 Å². The number of rotatable bonds is 6. The van der Waals surface area contributed by atoms with Crippen LogP contribution in [0.15, 0.2) is 18.2 Å². The van der Waals surface area contributed by atoms with Gasteiger partial charge in [-0.25, -0.2) is 0 Å². The van der Waals surface area contributed by atoms with Gasteiger partial charge in [0.05, 0.1) is 26.4 Å². The van der Waals surface area contributed by atoms with Gasteiger partial charge in [0, 0.05) is 0 Å². The number of ether oxygens (including phenoxy) is 3. The first-order chi connectivity index (χ1) is 9.14. The molecular formula is C14H18O5. The third-order valence-electron chi connectivity index (χ3n) is 3.20. The van der Waals surface area contributed by atoms with Gasteiger partial charge in [-0.3, -0.25) is 4.79 Å². The molecule has 1 aromatic rings. The second-order valence-corrected chi connectivity index (χ2v) is 4.41. The third kappa shape index (κ3) is 2.38. The van der Waals surface area contributed by atoms with Crippen LogP contribution in [0.3, 0.4) is 0 Å². The fourth-order valence-corrected chi connectivity index (χ4v) is 2.07. The normalized spacial score (nSPS) is 16.5. The molecule has 0 radical (unpaired) electrons. The summed E-state index contributed by atoms with van der Waals surface area (Å²) in [4.78, 5) is 11.4. The Morgan fingerprint density at radius 1 is 1.26 bits per heavy atom. The van der Waals surface area contributed by atoms with Crippen molar-refractivity contribution in [1.82, 2.24) is 0 Å². The van der Waals surface area contributed by atoms with Crippen molar-refractivity contribution in [2.24, 2.45) is 0 Å². The third-order valence-corrected chi connectivity index (χ3v) is 3.20. The quantitative estimate of drug-likeness (QED) is 0.851. The molecule has 19 heavy (non-hydrogen) atoms. The molecule has 0 bridgehead atoms. The summed E-state index contributed by atoms with van der Waals surface area (Å²) in [6.07, 6.45) is 0. The van der Waals surface area contributed by atoms with Crippen molar-refractivity contribution < 1.29 is 24.1 Å². The van der Waals surface area contributed by atoms with Crippen molar-refractivity contribution in [1.29, 1.82) is 0 Å². The van der Waals surface area contributed by atoms with Gasteiger partial charge in [0.1, 0.15) is 5.41 Å². The van der Waals surface area contributed by atoms with Crippen molar-refractivity contribution in [3.8, 4) is 11.5 Å². The number of carboxylic acids is 1. The van der Waals surface area contributed by atoms with Crippen molar-refractivity contribution in [3.05, 3.63) is 23.8 Å². The first-order valence-electron chi connectivity index (χ1n) is 6.35. The van der Waals surface area contributed by atoms with E-state index in [2.05, 4.69) is 0 Å². The van der Waals surface area contributed by atoms with E-state index in [-0.39, 0.29) is 13.2 Å². The minimum absolute atomic E-state index is 0.196. The zero-order valence-corrected chi connectivity index (χ0v) is 11.1. The zero-order chi connectivity index (χ0) is 13.9. The molecule has 2 rings (SSSR count). The van der Waals surface area contributed by atoms with E-state index in [4.69, 9.17) is 14.2 Å². The van der Waals surface area contributed by atoms with Crippen LogP contribution in [0.1, 0.15) is 19.4 Å². The van der Waals surface area contributed by atoms with Crippen LogP contribution in [0.25, 0.3) is 0 Å². The maximum atomic E-state index is 11.4. The molecule has 1 aliphatic rings. The Morgan fingerprint density at radius 2 is 1.89 bits per heavy atom. The maximum absolute atomic E-state index is 11.4. The molecule has 1 saturated heterocycles. The lowest BCUT2D eigenvalue weighted by molar-refractivity contribution is -0.163. The molecule has 1 heterocycles. The first-order valence-corrected chi connectivity index (χ1v) is 6.35. The van der Waals surface area contributed by atoms with Crippen molar-refractivity contribution in [2.45, 2.75) is 19.3 Å². The van der Waals surface area contributed by atoms with Gasteiger partial charge in [0.15, 0.2) is 11.5 Å². The molecule has 0 spiro atoms. The van der Waals surface area contributed by atoms with Gasteiger partial charge < -0.3 is 19.3 Å². The number of carbonyl (C=O) groups is 1. The fourth-order valence-electron chi connectivity index (χ4n) is 2.07. The van der Waals surface area contributed by atoms with Crippen molar-refractivity contribution in [2.75, 3.05) is 26.4 Å². The Balaban J connectivity index is 2.37. The van der Waals surface area contributed by atoms with Crippen LogP contribution in [0.4, 0.5) is 0 Å². The van der Waals surface area contributed by atoms with E-state index < -0.39 is 11.4 Å². The van der Waals surface area contributed by atoms with E-state index in [0.29, 0.717) is 30.3 Å².